The van der Waals surface area contributed by atoms with E-state index in [9.17, 15) is 9.18 Å². The molecule has 0 saturated carbocycles. The van der Waals surface area contributed by atoms with Crippen molar-refractivity contribution in [3.8, 4) is 5.75 Å². The number of methoxy groups -OCH3 is 1. The van der Waals surface area contributed by atoms with E-state index in [4.69, 9.17) is 4.74 Å². The van der Waals surface area contributed by atoms with Crippen molar-refractivity contribution in [2.75, 3.05) is 19.0 Å². The van der Waals surface area contributed by atoms with Crippen LogP contribution in [0.25, 0.3) is 5.65 Å². The Morgan fingerprint density at radius 3 is 2.71 bits per heavy atom. The smallest absolute Gasteiger partial charge is 0.251 e. The van der Waals surface area contributed by atoms with Crippen LogP contribution >= 0.6 is 0 Å². The number of amides is 1. The summed E-state index contributed by atoms with van der Waals surface area (Å²) in [5.41, 5.74) is 1.97. The first-order chi connectivity index (χ1) is 15.1. The zero-order valence-corrected chi connectivity index (χ0v) is 16.9. The van der Waals surface area contributed by atoms with Crippen LogP contribution in [0.5, 0.6) is 5.75 Å². The lowest BCUT2D eigenvalue weighted by molar-refractivity contribution is 0.0953. The van der Waals surface area contributed by atoms with Crippen LogP contribution in [0.4, 0.5) is 10.2 Å². The van der Waals surface area contributed by atoms with E-state index in [1.165, 1.54) is 18.2 Å². The van der Waals surface area contributed by atoms with Gasteiger partial charge in [0, 0.05) is 25.1 Å². The number of nitrogens with zero attached hydrogens (tertiary/aromatic N) is 4. The molecule has 2 aromatic heterocycles. The first-order valence-electron chi connectivity index (χ1n) is 9.74. The Hall–Kier alpha value is -4.01. The van der Waals surface area contributed by atoms with Crippen molar-refractivity contribution in [1.29, 1.82) is 0 Å². The van der Waals surface area contributed by atoms with E-state index in [1.807, 2.05) is 36.4 Å². The Kier molecular flexibility index (Phi) is 6.02. The maximum Gasteiger partial charge on any atom is 0.251 e. The second-order valence-electron chi connectivity index (χ2n) is 6.82. The van der Waals surface area contributed by atoms with Crippen LogP contribution in [0.15, 0.2) is 60.7 Å². The number of benzene rings is 2. The molecule has 0 aliphatic heterocycles. The van der Waals surface area contributed by atoms with E-state index in [2.05, 4.69) is 25.9 Å². The molecule has 0 aliphatic carbocycles. The highest BCUT2D eigenvalue weighted by Crippen LogP contribution is 2.13. The molecule has 0 aliphatic rings. The Morgan fingerprint density at radius 1 is 1.10 bits per heavy atom. The quantitative estimate of drug-likeness (QED) is 0.455. The summed E-state index contributed by atoms with van der Waals surface area (Å²) in [6.07, 6.45) is 0.428. The third kappa shape index (κ3) is 4.95. The highest BCUT2D eigenvalue weighted by Gasteiger charge is 2.10. The lowest BCUT2D eigenvalue weighted by atomic mass is 10.2. The molecule has 4 rings (SSSR count). The van der Waals surface area contributed by atoms with Gasteiger partial charge in [0.2, 0.25) is 0 Å². The van der Waals surface area contributed by atoms with Crippen LogP contribution in [0, 0.1) is 5.82 Å². The van der Waals surface area contributed by atoms with E-state index in [0.29, 0.717) is 36.8 Å². The Labute approximate surface area is 178 Å². The first-order valence-corrected chi connectivity index (χ1v) is 9.74. The molecule has 0 fully saturated rings. The Bertz CT molecular complexity index is 1190. The van der Waals surface area contributed by atoms with Crippen molar-refractivity contribution in [2.24, 2.45) is 0 Å². The van der Waals surface area contributed by atoms with Gasteiger partial charge in [-0.1, -0.05) is 18.2 Å². The molecular formula is C22H21FN6O2. The number of ether oxygens (including phenoxy) is 1. The summed E-state index contributed by atoms with van der Waals surface area (Å²) in [6.45, 7) is 0.922. The van der Waals surface area contributed by atoms with Crippen molar-refractivity contribution in [3.63, 3.8) is 0 Å². The fourth-order valence-electron chi connectivity index (χ4n) is 3.04. The number of fused-ring (bicyclic) bond motifs is 1. The lowest BCUT2D eigenvalue weighted by Crippen LogP contribution is -2.26. The van der Waals surface area contributed by atoms with Gasteiger partial charge in [-0.15, -0.1) is 15.3 Å². The summed E-state index contributed by atoms with van der Waals surface area (Å²) in [5.74, 6) is 1.30. The molecule has 2 aromatic carbocycles. The van der Waals surface area contributed by atoms with Crippen molar-refractivity contribution in [2.45, 2.75) is 13.0 Å². The van der Waals surface area contributed by atoms with Gasteiger partial charge in [-0.25, -0.2) is 4.39 Å². The largest absolute Gasteiger partial charge is 0.497 e. The first kappa shape index (κ1) is 20.3. The number of hydrogen-bond acceptors (Lipinski definition) is 6. The summed E-state index contributed by atoms with van der Waals surface area (Å²) in [5, 5.41) is 18.8. The molecule has 0 atom stereocenters. The van der Waals surface area contributed by atoms with Gasteiger partial charge in [-0.3, -0.25) is 4.79 Å². The zero-order valence-electron chi connectivity index (χ0n) is 16.9. The molecule has 2 heterocycles. The normalized spacial score (nSPS) is 10.8. The fraction of sp³-hybridized carbons (Fsp3) is 0.182. The lowest BCUT2D eigenvalue weighted by Gasteiger charge is -2.08. The van der Waals surface area contributed by atoms with Crippen LogP contribution < -0.4 is 15.4 Å². The number of nitrogens with one attached hydrogen (secondary N) is 2. The molecule has 0 radical (unpaired) electrons. The number of rotatable bonds is 8. The summed E-state index contributed by atoms with van der Waals surface area (Å²) in [6, 6.07) is 17.0. The van der Waals surface area contributed by atoms with Gasteiger partial charge in [0.25, 0.3) is 5.91 Å². The van der Waals surface area contributed by atoms with Gasteiger partial charge < -0.3 is 15.4 Å². The summed E-state index contributed by atoms with van der Waals surface area (Å²) < 4.78 is 20.1. The average molecular weight is 420 g/mol. The van der Waals surface area contributed by atoms with Crippen molar-refractivity contribution < 1.29 is 13.9 Å². The van der Waals surface area contributed by atoms with Crippen molar-refractivity contribution >= 4 is 17.4 Å². The van der Waals surface area contributed by atoms with Gasteiger partial charge in [0.1, 0.15) is 17.4 Å². The molecular weight excluding hydrogens is 399 g/mol. The van der Waals surface area contributed by atoms with Gasteiger partial charge in [-0.2, -0.15) is 4.52 Å². The van der Waals surface area contributed by atoms with Gasteiger partial charge >= 0.3 is 0 Å². The molecule has 0 unspecified atom stereocenters. The SMILES string of the molecule is COc1ccc(CNc2ccc3nnc(CCNC(=O)c4cccc(F)c4)n3n2)cc1. The molecule has 0 spiro atoms. The molecule has 8 nitrogen and oxygen atoms in total. The van der Waals surface area contributed by atoms with Gasteiger partial charge in [-0.05, 0) is 48.0 Å². The number of aromatic nitrogens is 4. The summed E-state index contributed by atoms with van der Waals surface area (Å²) in [4.78, 5) is 12.1. The maximum absolute atomic E-state index is 13.3. The zero-order chi connectivity index (χ0) is 21.6. The standard InChI is InChI=1S/C22H21FN6O2/c1-31-18-7-5-15(6-8-18)14-25-19-9-10-20-26-27-21(29(20)28-19)11-12-24-22(30)16-3-2-4-17(23)13-16/h2-10,13H,11-12,14H2,1H3,(H,24,30)(H,25,28). The van der Waals surface area contributed by atoms with Crippen molar-refractivity contribution in [3.05, 3.63) is 83.4 Å². The third-order valence-corrected chi connectivity index (χ3v) is 4.68. The Morgan fingerprint density at radius 2 is 1.94 bits per heavy atom. The molecule has 0 bridgehead atoms. The number of hydrogen-bond donors (Lipinski definition) is 2. The van der Waals surface area contributed by atoms with E-state index in [1.54, 1.807) is 17.7 Å². The second-order valence-corrected chi connectivity index (χ2v) is 6.82. The fourth-order valence-corrected chi connectivity index (χ4v) is 3.04. The van der Waals surface area contributed by atoms with E-state index in [0.717, 1.165) is 11.3 Å². The molecule has 0 saturated heterocycles. The van der Waals surface area contributed by atoms with E-state index < -0.39 is 5.82 Å². The highest BCUT2D eigenvalue weighted by molar-refractivity contribution is 5.94. The number of halogens is 1. The summed E-state index contributed by atoms with van der Waals surface area (Å²) >= 11 is 0. The highest BCUT2D eigenvalue weighted by atomic mass is 19.1. The topological polar surface area (TPSA) is 93.4 Å². The molecule has 9 heteroatoms. The summed E-state index contributed by atoms with van der Waals surface area (Å²) in [7, 11) is 1.63. The van der Waals surface area contributed by atoms with Crippen LogP contribution in [0.1, 0.15) is 21.7 Å². The number of anilines is 1. The molecule has 4 aromatic rings. The average Bonchev–Trinajstić information content (AvgIpc) is 3.20. The minimum Gasteiger partial charge on any atom is -0.497 e. The van der Waals surface area contributed by atoms with Crippen LogP contribution in [0.2, 0.25) is 0 Å². The van der Waals surface area contributed by atoms with Crippen LogP contribution in [-0.4, -0.2) is 39.4 Å². The van der Waals surface area contributed by atoms with Crippen LogP contribution in [0.3, 0.4) is 0 Å². The molecule has 31 heavy (non-hydrogen) atoms. The van der Waals surface area contributed by atoms with Crippen molar-refractivity contribution in [1.82, 2.24) is 25.1 Å². The number of carbonyl (C=O) groups is 1. The predicted octanol–water partition coefficient (Wildman–Crippen LogP) is 2.86. The molecule has 1 amide bonds. The molecule has 2 N–H and O–H groups in total. The predicted molar refractivity (Wildman–Crippen MR) is 114 cm³/mol. The molecule has 158 valence electrons. The minimum absolute atomic E-state index is 0.272. The van der Waals surface area contributed by atoms with Crippen LogP contribution in [-0.2, 0) is 13.0 Å². The van der Waals surface area contributed by atoms with E-state index in [-0.39, 0.29) is 11.5 Å². The van der Waals surface area contributed by atoms with Gasteiger partial charge in [0.05, 0.1) is 7.11 Å². The minimum atomic E-state index is -0.449. The third-order valence-electron chi connectivity index (χ3n) is 4.68. The monoisotopic (exact) mass is 420 g/mol. The Balaban J connectivity index is 1.37. The maximum atomic E-state index is 13.3. The van der Waals surface area contributed by atoms with Gasteiger partial charge in [0.15, 0.2) is 11.5 Å². The second kappa shape index (κ2) is 9.21. The number of carbonyl (C=O) groups excluding carboxylic acids is 1. The van der Waals surface area contributed by atoms with E-state index >= 15 is 0 Å².